The lowest BCUT2D eigenvalue weighted by molar-refractivity contribution is -0.825. The SMILES string of the molecule is Cc1cccc(Cc2ccc3oc(C)c(C(=O)[N+](C)(C)C(CO)C(N)=O)c3c2)c1. The van der Waals surface area contributed by atoms with E-state index in [2.05, 4.69) is 25.1 Å². The molecule has 0 aliphatic heterocycles. The zero-order valence-electron chi connectivity index (χ0n) is 17.2. The Morgan fingerprint density at radius 2 is 1.79 bits per heavy atom. The van der Waals surface area contributed by atoms with Crippen LogP contribution in [0.1, 0.15) is 32.8 Å². The standard InChI is InChI=1S/C23H26N2O4/c1-14-6-5-7-16(10-14)11-17-8-9-20-18(12-17)21(15(2)29-20)23(28)25(3,4)19(13-26)22(24)27/h5-10,12,19,26H,11,13H2,1-4H3,(H-,24,27)/p+1. The normalized spacial score (nSPS) is 12.9. The predicted molar refractivity (Wildman–Crippen MR) is 111 cm³/mol. The molecule has 3 rings (SSSR count). The number of quaternary nitrogens is 1. The molecule has 6 nitrogen and oxygen atoms in total. The maximum atomic E-state index is 13.4. The van der Waals surface area contributed by atoms with Gasteiger partial charge in [0.1, 0.15) is 23.5 Å². The van der Waals surface area contributed by atoms with E-state index in [1.54, 1.807) is 21.0 Å². The summed E-state index contributed by atoms with van der Waals surface area (Å²) >= 11 is 0. The molecule has 3 N–H and O–H groups in total. The molecule has 0 aliphatic carbocycles. The van der Waals surface area contributed by atoms with Crippen molar-refractivity contribution in [2.45, 2.75) is 26.3 Å². The first-order valence-electron chi connectivity index (χ1n) is 9.51. The summed E-state index contributed by atoms with van der Waals surface area (Å²) in [6, 6.07) is 13.1. The maximum absolute atomic E-state index is 13.4. The molecule has 1 atom stereocenters. The average molecular weight is 395 g/mol. The molecule has 0 spiro atoms. The van der Waals surface area contributed by atoms with Crippen molar-refractivity contribution in [1.82, 2.24) is 0 Å². The second-order valence-electron chi connectivity index (χ2n) is 7.98. The summed E-state index contributed by atoms with van der Waals surface area (Å²) in [5.41, 5.74) is 9.86. The molecule has 0 saturated heterocycles. The summed E-state index contributed by atoms with van der Waals surface area (Å²) in [5, 5.41) is 10.3. The number of primary amides is 1. The number of fused-ring (bicyclic) bond motifs is 1. The number of benzene rings is 2. The molecule has 1 aromatic heterocycles. The van der Waals surface area contributed by atoms with Crippen molar-refractivity contribution >= 4 is 22.8 Å². The van der Waals surface area contributed by atoms with Crippen LogP contribution in [0.4, 0.5) is 0 Å². The van der Waals surface area contributed by atoms with Crippen molar-refractivity contribution in [3.05, 3.63) is 70.5 Å². The quantitative estimate of drug-likeness (QED) is 0.628. The van der Waals surface area contributed by atoms with Crippen molar-refractivity contribution in [3.63, 3.8) is 0 Å². The van der Waals surface area contributed by atoms with Gasteiger partial charge in [-0.3, -0.25) is 4.79 Å². The van der Waals surface area contributed by atoms with Crippen LogP contribution >= 0.6 is 0 Å². The molecular weight excluding hydrogens is 368 g/mol. The summed E-state index contributed by atoms with van der Waals surface area (Å²) < 4.78 is 5.42. The number of nitrogens with two attached hydrogens (primary N) is 1. The van der Waals surface area contributed by atoms with Crippen LogP contribution in [0.2, 0.25) is 0 Å². The first-order valence-corrected chi connectivity index (χ1v) is 9.51. The molecule has 0 aliphatic rings. The Hall–Kier alpha value is -2.96. The highest BCUT2D eigenvalue weighted by Crippen LogP contribution is 2.30. The van der Waals surface area contributed by atoms with Gasteiger partial charge in [0.15, 0.2) is 6.04 Å². The number of carbonyl (C=O) groups is 2. The summed E-state index contributed by atoms with van der Waals surface area (Å²) in [5.74, 6) is -0.576. The minimum atomic E-state index is -1.04. The van der Waals surface area contributed by atoms with E-state index in [1.165, 1.54) is 11.1 Å². The fourth-order valence-corrected chi connectivity index (χ4v) is 3.74. The van der Waals surface area contributed by atoms with E-state index in [0.29, 0.717) is 22.3 Å². The van der Waals surface area contributed by atoms with Crippen LogP contribution in [0, 0.1) is 13.8 Å². The Morgan fingerprint density at radius 1 is 1.10 bits per heavy atom. The van der Waals surface area contributed by atoms with Crippen molar-refractivity contribution < 1.29 is 23.6 Å². The molecular formula is C23H27N2O4+. The van der Waals surface area contributed by atoms with Gasteiger partial charge in [-0.15, -0.1) is 0 Å². The lowest BCUT2D eigenvalue weighted by Gasteiger charge is -2.32. The Balaban J connectivity index is 2.05. The Bertz CT molecular complexity index is 1080. The molecule has 0 saturated carbocycles. The number of rotatable bonds is 6. The van der Waals surface area contributed by atoms with Gasteiger partial charge in [0.05, 0.1) is 14.1 Å². The van der Waals surface area contributed by atoms with Crippen LogP contribution in [0.3, 0.4) is 0 Å². The number of carbonyl (C=O) groups excluding carboxylic acids is 2. The predicted octanol–water partition coefficient (Wildman–Crippen LogP) is 2.70. The van der Waals surface area contributed by atoms with Gasteiger partial charge >= 0.3 is 5.91 Å². The number of likely N-dealkylation sites (N-methyl/N-ethyl adjacent to an activating group) is 1. The molecule has 3 aromatic rings. The first kappa shape index (κ1) is 20.8. The Labute approximate surface area is 170 Å². The summed E-state index contributed by atoms with van der Waals surface area (Å²) in [6.45, 7) is 3.27. The van der Waals surface area contributed by atoms with Gasteiger partial charge in [-0.2, -0.15) is 0 Å². The third-order valence-electron chi connectivity index (χ3n) is 5.44. The Morgan fingerprint density at radius 3 is 2.41 bits per heavy atom. The van der Waals surface area contributed by atoms with Gasteiger partial charge in [0.2, 0.25) is 0 Å². The Kier molecular flexibility index (Phi) is 5.59. The van der Waals surface area contributed by atoms with Crippen LogP contribution in [0.15, 0.2) is 46.9 Å². The molecule has 152 valence electrons. The lowest BCUT2D eigenvalue weighted by Crippen LogP contribution is -2.60. The van der Waals surface area contributed by atoms with E-state index >= 15 is 0 Å². The fourth-order valence-electron chi connectivity index (χ4n) is 3.74. The number of aliphatic hydroxyl groups is 1. The highest BCUT2D eigenvalue weighted by atomic mass is 16.3. The second-order valence-corrected chi connectivity index (χ2v) is 7.98. The number of aliphatic hydroxyl groups excluding tert-OH is 1. The monoisotopic (exact) mass is 395 g/mol. The van der Waals surface area contributed by atoms with Crippen LogP contribution in [0.5, 0.6) is 0 Å². The molecule has 0 radical (unpaired) electrons. The number of hydrogen-bond donors (Lipinski definition) is 2. The third kappa shape index (κ3) is 3.95. The van der Waals surface area contributed by atoms with E-state index in [9.17, 15) is 14.7 Å². The van der Waals surface area contributed by atoms with Gasteiger partial charge < -0.3 is 15.3 Å². The second kappa shape index (κ2) is 7.81. The molecule has 1 unspecified atom stereocenters. The van der Waals surface area contributed by atoms with Crippen LogP contribution < -0.4 is 5.73 Å². The zero-order chi connectivity index (χ0) is 21.3. The molecule has 0 bridgehead atoms. The molecule has 0 fully saturated rings. The topological polar surface area (TPSA) is 93.5 Å². The molecule has 2 amide bonds. The number of amides is 2. The average Bonchev–Trinajstić information content (AvgIpc) is 2.96. The van der Waals surface area contributed by atoms with E-state index in [0.717, 1.165) is 12.0 Å². The van der Waals surface area contributed by atoms with Crippen molar-refractivity contribution in [1.29, 1.82) is 0 Å². The number of nitrogens with zero attached hydrogens (tertiary/aromatic N) is 1. The van der Waals surface area contributed by atoms with Crippen molar-refractivity contribution in [3.8, 4) is 0 Å². The smallest absolute Gasteiger partial charge is 0.350 e. The number of aryl methyl sites for hydroxylation is 2. The molecule has 29 heavy (non-hydrogen) atoms. The fraction of sp³-hybridized carbons (Fsp3) is 0.304. The number of furan rings is 1. The summed E-state index contributed by atoms with van der Waals surface area (Å²) in [7, 11) is 3.14. The molecule has 6 heteroatoms. The highest BCUT2D eigenvalue weighted by Gasteiger charge is 2.42. The molecule has 1 heterocycles. The highest BCUT2D eigenvalue weighted by molar-refractivity contribution is 6.05. The van der Waals surface area contributed by atoms with E-state index < -0.39 is 18.6 Å². The zero-order valence-corrected chi connectivity index (χ0v) is 17.2. The van der Waals surface area contributed by atoms with E-state index in [1.807, 2.05) is 24.3 Å². The first-order chi connectivity index (χ1) is 13.6. The molecule has 2 aromatic carbocycles. The van der Waals surface area contributed by atoms with Crippen LogP contribution in [-0.2, 0) is 11.2 Å². The number of hydrogen-bond acceptors (Lipinski definition) is 4. The third-order valence-corrected chi connectivity index (χ3v) is 5.44. The van der Waals surface area contributed by atoms with Crippen LogP contribution in [0.25, 0.3) is 11.0 Å². The largest absolute Gasteiger partial charge is 0.460 e. The maximum Gasteiger partial charge on any atom is 0.350 e. The summed E-state index contributed by atoms with van der Waals surface area (Å²) in [4.78, 5) is 25.1. The lowest BCUT2D eigenvalue weighted by atomic mass is 10.00. The van der Waals surface area contributed by atoms with Crippen molar-refractivity contribution in [2.75, 3.05) is 20.7 Å². The minimum Gasteiger partial charge on any atom is -0.460 e. The van der Waals surface area contributed by atoms with Crippen LogP contribution in [-0.4, -0.2) is 48.1 Å². The minimum absolute atomic E-state index is 0.327. The van der Waals surface area contributed by atoms with Gasteiger partial charge in [-0.1, -0.05) is 35.9 Å². The van der Waals surface area contributed by atoms with E-state index in [-0.39, 0.29) is 10.4 Å². The van der Waals surface area contributed by atoms with Gasteiger partial charge in [-0.05, 0) is 43.5 Å². The van der Waals surface area contributed by atoms with Gasteiger partial charge in [0, 0.05) is 5.39 Å². The van der Waals surface area contributed by atoms with Crippen molar-refractivity contribution in [2.24, 2.45) is 5.73 Å². The summed E-state index contributed by atoms with van der Waals surface area (Å²) in [6.07, 6.45) is 0.730. The van der Waals surface area contributed by atoms with Gasteiger partial charge in [0.25, 0.3) is 5.91 Å². The van der Waals surface area contributed by atoms with E-state index in [4.69, 9.17) is 10.2 Å². The van der Waals surface area contributed by atoms with Gasteiger partial charge in [-0.25, -0.2) is 9.28 Å².